The lowest BCUT2D eigenvalue weighted by atomic mass is 10.0. The third kappa shape index (κ3) is 9.08. The molecule has 3 rings (SSSR count). The number of halogens is 1. The van der Waals surface area contributed by atoms with E-state index in [9.17, 15) is 4.79 Å². The minimum atomic E-state index is 0. The highest BCUT2D eigenvalue weighted by Gasteiger charge is 2.24. The van der Waals surface area contributed by atoms with Gasteiger partial charge < -0.3 is 15.5 Å². The van der Waals surface area contributed by atoms with Crippen LogP contribution in [0.5, 0.6) is 0 Å². The van der Waals surface area contributed by atoms with Gasteiger partial charge in [-0.25, -0.2) is 4.99 Å². The molecule has 2 aliphatic rings. The summed E-state index contributed by atoms with van der Waals surface area (Å²) in [5.41, 5.74) is 2.71. The fourth-order valence-electron chi connectivity index (χ4n) is 4.69. The molecule has 186 valence electrons. The first-order valence-electron chi connectivity index (χ1n) is 12.7. The van der Waals surface area contributed by atoms with Crippen molar-refractivity contribution in [2.24, 2.45) is 10.9 Å². The predicted octanol–water partition coefficient (Wildman–Crippen LogP) is 4.38. The molecule has 0 spiro atoms. The fourth-order valence-corrected chi connectivity index (χ4v) is 4.69. The minimum absolute atomic E-state index is 0. The molecule has 0 unspecified atom stereocenters. The summed E-state index contributed by atoms with van der Waals surface area (Å²) in [5.74, 6) is 1.23. The van der Waals surface area contributed by atoms with Gasteiger partial charge in [0.1, 0.15) is 0 Å². The number of rotatable bonds is 7. The smallest absolute Gasteiger partial charge is 0.225 e. The number of guanidine groups is 1. The molecule has 2 heterocycles. The van der Waals surface area contributed by atoms with Crippen LogP contribution in [-0.4, -0.2) is 60.4 Å². The van der Waals surface area contributed by atoms with Crippen LogP contribution in [0.15, 0.2) is 29.3 Å². The first kappa shape index (κ1) is 27.9. The number of hydrogen-bond acceptors (Lipinski definition) is 3. The number of carbonyl (C=O) groups excluding carboxylic acids is 1. The lowest BCUT2D eigenvalue weighted by molar-refractivity contribution is -0.135. The Morgan fingerprint density at radius 3 is 2.27 bits per heavy atom. The zero-order chi connectivity index (χ0) is 22.8. The Balaban J connectivity index is 0.00000385. The third-order valence-electron chi connectivity index (χ3n) is 6.60. The van der Waals surface area contributed by atoms with Gasteiger partial charge in [0.2, 0.25) is 5.91 Å². The van der Waals surface area contributed by atoms with E-state index in [1.807, 2.05) is 18.7 Å². The topological polar surface area (TPSA) is 60.0 Å². The summed E-state index contributed by atoms with van der Waals surface area (Å²) in [6.07, 6.45) is 7.30. The molecule has 7 heteroatoms. The summed E-state index contributed by atoms with van der Waals surface area (Å²) in [7, 11) is 0. The van der Waals surface area contributed by atoms with Gasteiger partial charge in [0.15, 0.2) is 5.96 Å². The SMILES string of the molecule is CCNC(=NCc1ccccc1CN1CCCCCC1)NC1CCN(C(=O)C(C)C)CC1.I. The van der Waals surface area contributed by atoms with E-state index in [4.69, 9.17) is 4.99 Å². The zero-order valence-electron chi connectivity index (χ0n) is 20.8. The van der Waals surface area contributed by atoms with Crippen molar-refractivity contribution >= 4 is 35.8 Å². The quantitative estimate of drug-likeness (QED) is 0.291. The predicted molar refractivity (Wildman–Crippen MR) is 148 cm³/mol. The highest BCUT2D eigenvalue weighted by Crippen LogP contribution is 2.17. The van der Waals surface area contributed by atoms with Gasteiger partial charge in [-0.15, -0.1) is 24.0 Å². The van der Waals surface area contributed by atoms with Gasteiger partial charge in [0, 0.05) is 38.1 Å². The molecular formula is C26H44IN5O. The summed E-state index contributed by atoms with van der Waals surface area (Å²) in [5, 5.41) is 7.02. The number of nitrogens with zero attached hydrogens (tertiary/aromatic N) is 3. The number of piperidine rings is 1. The minimum Gasteiger partial charge on any atom is -0.357 e. The van der Waals surface area contributed by atoms with E-state index in [-0.39, 0.29) is 35.8 Å². The molecule has 0 saturated carbocycles. The monoisotopic (exact) mass is 569 g/mol. The molecule has 2 fully saturated rings. The molecule has 2 saturated heterocycles. The van der Waals surface area contributed by atoms with Crippen LogP contribution in [0.25, 0.3) is 0 Å². The Bertz CT molecular complexity index is 738. The second-order valence-corrected chi connectivity index (χ2v) is 9.55. The van der Waals surface area contributed by atoms with Gasteiger partial charge in [0.05, 0.1) is 6.54 Å². The highest BCUT2D eigenvalue weighted by atomic mass is 127. The fraction of sp³-hybridized carbons (Fsp3) is 0.692. The van der Waals surface area contributed by atoms with Crippen LogP contribution < -0.4 is 10.6 Å². The Morgan fingerprint density at radius 2 is 1.67 bits per heavy atom. The third-order valence-corrected chi connectivity index (χ3v) is 6.60. The molecule has 1 aromatic carbocycles. The highest BCUT2D eigenvalue weighted by molar-refractivity contribution is 14.0. The van der Waals surface area contributed by atoms with E-state index in [1.54, 1.807) is 0 Å². The van der Waals surface area contributed by atoms with E-state index in [1.165, 1.54) is 49.9 Å². The molecule has 1 amide bonds. The summed E-state index contributed by atoms with van der Waals surface area (Å²) in [6, 6.07) is 9.11. The van der Waals surface area contributed by atoms with E-state index in [2.05, 4.69) is 46.7 Å². The number of carbonyl (C=O) groups is 1. The number of aliphatic imine (C=N–C) groups is 1. The standard InChI is InChI=1S/C26H43N5O.HI/c1-4-27-26(29-24-13-17-31(18-14-24)25(32)21(2)3)28-19-22-11-7-8-12-23(22)20-30-15-9-5-6-10-16-30;/h7-8,11-12,21,24H,4-6,9-10,13-20H2,1-3H3,(H2,27,28,29);1H. The van der Waals surface area contributed by atoms with Gasteiger partial charge in [-0.1, -0.05) is 51.0 Å². The van der Waals surface area contributed by atoms with E-state index in [0.717, 1.165) is 45.0 Å². The van der Waals surface area contributed by atoms with E-state index < -0.39 is 0 Å². The van der Waals surface area contributed by atoms with Crippen LogP contribution in [-0.2, 0) is 17.9 Å². The first-order valence-corrected chi connectivity index (χ1v) is 12.7. The molecule has 2 aliphatic heterocycles. The Kier molecular flexibility index (Phi) is 12.5. The van der Waals surface area contributed by atoms with Crippen molar-refractivity contribution in [3.8, 4) is 0 Å². The summed E-state index contributed by atoms with van der Waals surface area (Å²) < 4.78 is 0. The van der Waals surface area contributed by atoms with Crippen LogP contribution in [0.2, 0.25) is 0 Å². The van der Waals surface area contributed by atoms with Gasteiger partial charge in [-0.05, 0) is 56.8 Å². The maximum absolute atomic E-state index is 12.2. The van der Waals surface area contributed by atoms with Gasteiger partial charge in [-0.2, -0.15) is 0 Å². The zero-order valence-corrected chi connectivity index (χ0v) is 23.1. The molecular weight excluding hydrogens is 525 g/mol. The van der Waals surface area contributed by atoms with Crippen LogP contribution >= 0.6 is 24.0 Å². The lowest BCUT2D eigenvalue weighted by Crippen LogP contribution is -2.50. The summed E-state index contributed by atoms with van der Waals surface area (Å²) in [4.78, 5) is 21.8. The van der Waals surface area contributed by atoms with Gasteiger partial charge in [-0.3, -0.25) is 9.69 Å². The number of hydrogen-bond donors (Lipinski definition) is 2. The van der Waals surface area contributed by atoms with Crippen molar-refractivity contribution in [3.63, 3.8) is 0 Å². The van der Waals surface area contributed by atoms with Crippen molar-refractivity contribution < 1.29 is 4.79 Å². The normalized spacial score (nSPS) is 18.5. The van der Waals surface area contributed by atoms with E-state index in [0.29, 0.717) is 12.6 Å². The molecule has 0 aromatic heterocycles. The molecule has 1 aromatic rings. The summed E-state index contributed by atoms with van der Waals surface area (Å²) >= 11 is 0. The number of likely N-dealkylation sites (tertiary alicyclic amines) is 2. The molecule has 0 radical (unpaired) electrons. The average molecular weight is 570 g/mol. The molecule has 0 atom stereocenters. The second-order valence-electron chi connectivity index (χ2n) is 9.55. The molecule has 33 heavy (non-hydrogen) atoms. The summed E-state index contributed by atoms with van der Waals surface area (Å²) in [6.45, 7) is 12.7. The van der Waals surface area contributed by atoms with Crippen molar-refractivity contribution in [2.45, 2.75) is 78.4 Å². The van der Waals surface area contributed by atoms with Crippen LogP contribution in [0.3, 0.4) is 0 Å². The Labute approximate surface area is 218 Å². The molecule has 2 N–H and O–H groups in total. The largest absolute Gasteiger partial charge is 0.357 e. The molecule has 6 nitrogen and oxygen atoms in total. The van der Waals surface area contributed by atoms with Gasteiger partial charge >= 0.3 is 0 Å². The number of nitrogens with one attached hydrogen (secondary N) is 2. The van der Waals surface area contributed by atoms with E-state index >= 15 is 0 Å². The molecule has 0 aliphatic carbocycles. The second kappa shape index (κ2) is 14.8. The molecule has 0 bridgehead atoms. The first-order chi connectivity index (χ1) is 15.6. The lowest BCUT2D eigenvalue weighted by Gasteiger charge is -2.34. The van der Waals surface area contributed by atoms with Crippen LogP contribution in [0, 0.1) is 5.92 Å². The number of benzene rings is 1. The maximum atomic E-state index is 12.2. The van der Waals surface area contributed by atoms with Crippen molar-refractivity contribution in [2.75, 3.05) is 32.7 Å². The number of amides is 1. The maximum Gasteiger partial charge on any atom is 0.225 e. The van der Waals surface area contributed by atoms with Crippen LogP contribution in [0.1, 0.15) is 70.4 Å². The van der Waals surface area contributed by atoms with Crippen molar-refractivity contribution in [1.82, 2.24) is 20.4 Å². The van der Waals surface area contributed by atoms with Crippen molar-refractivity contribution in [1.29, 1.82) is 0 Å². The Hall–Kier alpha value is -1.35. The Morgan fingerprint density at radius 1 is 1.03 bits per heavy atom. The van der Waals surface area contributed by atoms with Crippen molar-refractivity contribution in [3.05, 3.63) is 35.4 Å². The average Bonchev–Trinajstić information content (AvgIpc) is 3.07. The van der Waals surface area contributed by atoms with Crippen LogP contribution in [0.4, 0.5) is 0 Å². The van der Waals surface area contributed by atoms with Gasteiger partial charge in [0.25, 0.3) is 0 Å².